The third kappa shape index (κ3) is 4.00. The van der Waals surface area contributed by atoms with Crippen LogP contribution in [0.25, 0.3) is 10.6 Å². The van der Waals surface area contributed by atoms with E-state index in [4.69, 9.17) is 0 Å². The van der Waals surface area contributed by atoms with E-state index in [0.29, 0.717) is 10.8 Å². The number of piperidine rings is 1. The van der Waals surface area contributed by atoms with Gasteiger partial charge in [-0.15, -0.1) is 22.7 Å². The van der Waals surface area contributed by atoms with E-state index in [2.05, 4.69) is 21.9 Å². The number of aromatic nitrogens is 1. The Hall–Kier alpha value is -0.800. The Morgan fingerprint density at radius 1 is 1.35 bits per heavy atom. The third-order valence-electron chi connectivity index (χ3n) is 4.22. The second-order valence-corrected chi connectivity index (χ2v) is 10.4. The highest BCUT2D eigenvalue weighted by Crippen LogP contribution is 2.32. The number of hydrogen-bond donors (Lipinski definition) is 2. The first-order chi connectivity index (χ1) is 10.9. The van der Waals surface area contributed by atoms with E-state index in [-0.39, 0.29) is 5.41 Å². The lowest BCUT2D eigenvalue weighted by molar-refractivity contribution is 0.232. The van der Waals surface area contributed by atoms with Gasteiger partial charge in [-0.3, -0.25) is 0 Å². The van der Waals surface area contributed by atoms with Crippen LogP contribution in [0.2, 0.25) is 0 Å². The molecule has 126 valence electrons. The van der Waals surface area contributed by atoms with Gasteiger partial charge in [-0.1, -0.05) is 6.92 Å². The topological polar surface area (TPSA) is 71.1 Å². The molecule has 23 heavy (non-hydrogen) atoms. The smallest absolute Gasteiger partial charge is 0.250 e. The molecule has 0 bridgehead atoms. The molecule has 3 rings (SSSR count). The van der Waals surface area contributed by atoms with Crippen molar-refractivity contribution in [3.05, 3.63) is 22.5 Å². The summed E-state index contributed by atoms with van der Waals surface area (Å²) in [7, 11) is -3.45. The normalized spacial score (nSPS) is 18.2. The highest BCUT2D eigenvalue weighted by atomic mass is 32.2. The van der Waals surface area contributed by atoms with Gasteiger partial charge in [0, 0.05) is 11.9 Å². The van der Waals surface area contributed by atoms with Crippen molar-refractivity contribution in [3.63, 3.8) is 0 Å². The summed E-state index contributed by atoms with van der Waals surface area (Å²) >= 11 is 2.84. The summed E-state index contributed by atoms with van der Waals surface area (Å²) in [6, 6.07) is 3.50. The van der Waals surface area contributed by atoms with Crippen LogP contribution in [0.3, 0.4) is 0 Å². The predicted molar refractivity (Wildman–Crippen MR) is 95.6 cm³/mol. The molecule has 0 spiro atoms. The maximum absolute atomic E-state index is 12.5. The van der Waals surface area contributed by atoms with Crippen LogP contribution in [-0.4, -0.2) is 33.0 Å². The van der Waals surface area contributed by atoms with E-state index < -0.39 is 10.0 Å². The van der Waals surface area contributed by atoms with Gasteiger partial charge in [0.2, 0.25) is 10.0 Å². The van der Waals surface area contributed by atoms with Crippen LogP contribution in [0.4, 0.5) is 0 Å². The molecule has 1 aliphatic heterocycles. The molecule has 0 unspecified atom stereocenters. The lowest BCUT2D eigenvalue weighted by Gasteiger charge is -2.33. The number of nitrogens with zero attached hydrogens (tertiary/aromatic N) is 1. The van der Waals surface area contributed by atoms with Crippen LogP contribution in [-0.2, 0) is 10.0 Å². The zero-order chi connectivity index (χ0) is 16.5. The molecular formula is C15H21N3O2S3. The molecule has 0 aromatic carbocycles. The van der Waals surface area contributed by atoms with Gasteiger partial charge in [-0.05, 0) is 50.4 Å². The van der Waals surface area contributed by atoms with Crippen molar-refractivity contribution in [2.75, 3.05) is 19.6 Å². The fourth-order valence-corrected chi connectivity index (χ4v) is 5.82. The van der Waals surface area contributed by atoms with Crippen molar-refractivity contribution < 1.29 is 8.42 Å². The lowest BCUT2D eigenvalue weighted by Crippen LogP contribution is -2.42. The van der Waals surface area contributed by atoms with Crippen molar-refractivity contribution in [1.29, 1.82) is 0 Å². The van der Waals surface area contributed by atoms with Gasteiger partial charge >= 0.3 is 0 Å². The molecule has 1 saturated heterocycles. The van der Waals surface area contributed by atoms with E-state index in [1.165, 1.54) is 11.3 Å². The van der Waals surface area contributed by atoms with Crippen LogP contribution in [0.15, 0.2) is 21.7 Å². The molecule has 8 heteroatoms. The first-order valence-electron chi connectivity index (χ1n) is 7.61. The SMILES string of the molecule is Cc1nc(-c2ccc(S(=O)(=O)NCC3(C)CCNCC3)s2)cs1. The zero-order valence-electron chi connectivity index (χ0n) is 13.3. The average Bonchev–Trinajstić information content (AvgIpc) is 3.15. The fraction of sp³-hybridized carbons (Fsp3) is 0.533. The van der Waals surface area contributed by atoms with Crippen molar-refractivity contribution in [3.8, 4) is 10.6 Å². The largest absolute Gasteiger partial charge is 0.317 e. The second-order valence-electron chi connectivity index (χ2n) is 6.26. The molecular weight excluding hydrogens is 350 g/mol. The van der Waals surface area contributed by atoms with Crippen LogP contribution in [0.1, 0.15) is 24.8 Å². The van der Waals surface area contributed by atoms with Gasteiger partial charge < -0.3 is 5.32 Å². The maximum atomic E-state index is 12.5. The van der Waals surface area contributed by atoms with Gasteiger partial charge in [0.25, 0.3) is 0 Å². The number of hydrogen-bond acceptors (Lipinski definition) is 6. The van der Waals surface area contributed by atoms with Crippen molar-refractivity contribution in [1.82, 2.24) is 15.0 Å². The minimum atomic E-state index is -3.45. The zero-order valence-corrected chi connectivity index (χ0v) is 15.7. The summed E-state index contributed by atoms with van der Waals surface area (Å²) < 4.78 is 28.2. The highest BCUT2D eigenvalue weighted by molar-refractivity contribution is 7.91. The number of nitrogens with one attached hydrogen (secondary N) is 2. The van der Waals surface area contributed by atoms with Crippen molar-refractivity contribution >= 4 is 32.7 Å². The van der Waals surface area contributed by atoms with Gasteiger partial charge in [-0.2, -0.15) is 0 Å². The molecule has 1 aliphatic rings. The summed E-state index contributed by atoms with van der Waals surface area (Å²) in [6.07, 6.45) is 1.98. The first kappa shape index (κ1) is 17.0. The Bertz CT molecular complexity index is 773. The number of sulfonamides is 1. The van der Waals surface area contributed by atoms with E-state index in [1.807, 2.05) is 18.4 Å². The molecule has 0 amide bonds. The number of rotatable bonds is 5. The summed E-state index contributed by atoms with van der Waals surface area (Å²) in [4.78, 5) is 5.31. The van der Waals surface area contributed by atoms with Crippen LogP contribution in [0, 0.1) is 12.3 Å². The molecule has 0 saturated carbocycles. The second kappa shape index (κ2) is 6.60. The molecule has 2 aromatic rings. The Labute approximate surface area is 145 Å². The quantitative estimate of drug-likeness (QED) is 0.848. The minimum Gasteiger partial charge on any atom is -0.317 e. The minimum absolute atomic E-state index is 0.0322. The molecule has 5 nitrogen and oxygen atoms in total. The number of thiazole rings is 1. The van der Waals surface area contributed by atoms with Gasteiger partial charge in [0.15, 0.2) is 0 Å². The van der Waals surface area contributed by atoms with Crippen molar-refractivity contribution in [2.45, 2.75) is 30.9 Å². The van der Waals surface area contributed by atoms with E-state index in [0.717, 1.165) is 41.5 Å². The first-order valence-corrected chi connectivity index (χ1v) is 10.8. The molecule has 0 radical (unpaired) electrons. The summed E-state index contributed by atoms with van der Waals surface area (Å²) in [5.74, 6) is 0. The molecule has 2 N–H and O–H groups in total. The van der Waals surface area contributed by atoms with E-state index in [1.54, 1.807) is 17.4 Å². The third-order valence-corrected chi connectivity index (χ3v) is 7.99. The number of thiophene rings is 1. The molecule has 1 fully saturated rings. The molecule has 0 atom stereocenters. The van der Waals surface area contributed by atoms with Gasteiger partial charge in [0.05, 0.1) is 15.6 Å². The predicted octanol–water partition coefficient (Wildman–Crippen LogP) is 2.85. The monoisotopic (exact) mass is 371 g/mol. The Morgan fingerprint density at radius 3 is 2.74 bits per heavy atom. The van der Waals surface area contributed by atoms with E-state index >= 15 is 0 Å². The summed E-state index contributed by atoms with van der Waals surface area (Å²) in [5.41, 5.74) is 0.883. The maximum Gasteiger partial charge on any atom is 0.250 e. The van der Waals surface area contributed by atoms with E-state index in [9.17, 15) is 8.42 Å². The average molecular weight is 372 g/mol. The van der Waals surface area contributed by atoms with Crippen LogP contribution in [0.5, 0.6) is 0 Å². The lowest BCUT2D eigenvalue weighted by atomic mass is 9.81. The standard InChI is InChI=1S/C15H21N3O2S3/c1-11-18-12(9-21-11)13-3-4-14(22-13)23(19,20)17-10-15(2)5-7-16-8-6-15/h3-4,9,16-17H,5-8,10H2,1-2H3. The molecule has 0 aliphatic carbocycles. The van der Waals surface area contributed by atoms with Gasteiger partial charge in [0.1, 0.15) is 4.21 Å². The van der Waals surface area contributed by atoms with Gasteiger partial charge in [-0.25, -0.2) is 18.1 Å². The Balaban J connectivity index is 1.71. The Morgan fingerprint density at radius 2 is 2.09 bits per heavy atom. The summed E-state index contributed by atoms with van der Waals surface area (Å²) in [5, 5.41) is 6.25. The highest BCUT2D eigenvalue weighted by Gasteiger charge is 2.29. The molecule has 2 aromatic heterocycles. The van der Waals surface area contributed by atoms with Crippen LogP contribution < -0.4 is 10.0 Å². The molecule has 3 heterocycles. The van der Waals surface area contributed by atoms with Crippen molar-refractivity contribution in [2.24, 2.45) is 5.41 Å². The number of aryl methyl sites for hydroxylation is 1. The fourth-order valence-electron chi connectivity index (χ4n) is 2.63. The van der Waals surface area contributed by atoms with Crippen LogP contribution >= 0.6 is 22.7 Å². The summed E-state index contributed by atoms with van der Waals surface area (Å²) in [6.45, 7) is 6.48. The Kier molecular flexibility index (Phi) is 4.89.